The average molecular weight is 247 g/mol. The second kappa shape index (κ2) is 5.34. The highest BCUT2D eigenvalue weighted by atomic mass is 32.1. The van der Waals surface area contributed by atoms with Crippen molar-refractivity contribution in [3.8, 4) is 0 Å². The lowest BCUT2D eigenvalue weighted by molar-refractivity contribution is 0.195. The van der Waals surface area contributed by atoms with Crippen LogP contribution in [-0.2, 0) is 0 Å². The number of hydrogen-bond donors (Lipinski definition) is 2. The van der Waals surface area contributed by atoms with E-state index in [0.717, 1.165) is 10.6 Å². The number of aliphatic hydroxyl groups excluding tert-OH is 1. The van der Waals surface area contributed by atoms with E-state index in [9.17, 15) is 5.11 Å². The lowest BCUT2D eigenvalue weighted by atomic mass is 10.1. The van der Waals surface area contributed by atoms with Crippen LogP contribution >= 0.6 is 11.3 Å². The molecular weight excluding hydrogens is 230 g/mol. The molecule has 1 aromatic heterocycles. The van der Waals surface area contributed by atoms with Crippen LogP contribution in [0.2, 0.25) is 0 Å². The molecule has 90 valence electrons. The van der Waals surface area contributed by atoms with E-state index in [2.05, 4.69) is 37.4 Å². The first-order valence-electron chi connectivity index (χ1n) is 5.69. The van der Waals surface area contributed by atoms with Gasteiger partial charge in [0.05, 0.1) is 0 Å². The molecular formula is C14H17NOS. The lowest BCUT2D eigenvalue weighted by Crippen LogP contribution is -2.11. The molecule has 2 aromatic rings. The Labute approximate surface area is 106 Å². The van der Waals surface area contributed by atoms with Crippen molar-refractivity contribution in [2.75, 3.05) is 11.9 Å². The van der Waals surface area contributed by atoms with Gasteiger partial charge in [-0.3, -0.25) is 0 Å². The van der Waals surface area contributed by atoms with E-state index >= 15 is 0 Å². The molecule has 0 bridgehead atoms. The van der Waals surface area contributed by atoms with Crippen LogP contribution in [0.25, 0.3) is 0 Å². The summed E-state index contributed by atoms with van der Waals surface area (Å²) in [6, 6.07) is 10.2. The molecule has 3 heteroatoms. The van der Waals surface area contributed by atoms with Crippen LogP contribution in [-0.4, -0.2) is 11.7 Å². The predicted octanol–water partition coefficient (Wildman–Crippen LogP) is 3.51. The van der Waals surface area contributed by atoms with Crippen molar-refractivity contribution in [2.24, 2.45) is 0 Å². The standard InChI is InChI=1S/C14H17NOS/c1-10-6-11(2)8-12(7-10)15-9-13(16)14-4-3-5-17-14/h3-8,13,15-16H,9H2,1-2H3. The first kappa shape index (κ1) is 12.1. The van der Waals surface area contributed by atoms with Gasteiger partial charge in [-0.1, -0.05) is 12.1 Å². The summed E-state index contributed by atoms with van der Waals surface area (Å²) in [5.74, 6) is 0. The topological polar surface area (TPSA) is 32.3 Å². The van der Waals surface area contributed by atoms with Gasteiger partial charge in [0.2, 0.25) is 0 Å². The summed E-state index contributed by atoms with van der Waals surface area (Å²) in [5.41, 5.74) is 3.54. The molecule has 1 atom stereocenters. The summed E-state index contributed by atoms with van der Waals surface area (Å²) in [6.07, 6.45) is -0.434. The molecule has 17 heavy (non-hydrogen) atoms. The maximum absolute atomic E-state index is 9.96. The number of benzene rings is 1. The van der Waals surface area contributed by atoms with Crippen molar-refractivity contribution in [2.45, 2.75) is 20.0 Å². The van der Waals surface area contributed by atoms with Gasteiger partial charge in [-0.15, -0.1) is 11.3 Å². The van der Waals surface area contributed by atoms with E-state index in [1.54, 1.807) is 11.3 Å². The number of anilines is 1. The Bertz CT molecular complexity index is 459. The van der Waals surface area contributed by atoms with E-state index in [4.69, 9.17) is 0 Å². The fourth-order valence-electron chi connectivity index (χ4n) is 1.87. The zero-order valence-electron chi connectivity index (χ0n) is 10.1. The summed E-state index contributed by atoms with van der Waals surface area (Å²) in [5, 5.41) is 15.2. The van der Waals surface area contributed by atoms with Gasteiger partial charge in [0.15, 0.2) is 0 Å². The third kappa shape index (κ3) is 3.32. The minimum Gasteiger partial charge on any atom is -0.386 e. The van der Waals surface area contributed by atoms with Crippen LogP contribution in [0.5, 0.6) is 0 Å². The first-order valence-corrected chi connectivity index (χ1v) is 6.57. The van der Waals surface area contributed by atoms with Crippen molar-refractivity contribution in [3.05, 3.63) is 51.7 Å². The fourth-order valence-corrected chi connectivity index (χ4v) is 2.58. The van der Waals surface area contributed by atoms with Crippen LogP contribution in [0.1, 0.15) is 22.1 Å². The molecule has 1 aromatic carbocycles. The Hall–Kier alpha value is -1.32. The van der Waals surface area contributed by atoms with Crippen LogP contribution in [0.15, 0.2) is 35.7 Å². The Morgan fingerprint density at radius 1 is 1.24 bits per heavy atom. The Morgan fingerprint density at radius 2 is 1.94 bits per heavy atom. The lowest BCUT2D eigenvalue weighted by Gasteiger charge is -2.12. The molecule has 0 radical (unpaired) electrons. The summed E-state index contributed by atoms with van der Waals surface area (Å²) >= 11 is 1.58. The van der Waals surface area contributed by atoms with Gasteiger partial charge < -0.3 is 10.4 Å². The van der Waals surface area contributed by atoms with E-state index in [1.165, 1.54) is 11.1 Å². The highest BCUT2D eigenvalue weighted by Crippen LogP contribution is 2.20. The van der Waals surface area contributed by atoms with Crippen LogP contribution in [0.4, 0.5) is 5.69 Å². The summed E-state index contributed by atoms with van der Waals surface area (Å²) < 4.78 is 0. The van der Waals surface area contributed by atoms with Gasteiger partial charge in [-0.2, -0.15) is 0 Å². The van der Waals surface area contributed by atoms with Gasteiger partial charge in [-0.05, 0) is 48.6 Å². The molecule has 0 saturated carbocycles. The number of aryl methyl sites for hydroxylation is 2. The molecule has 0 amide bonds. The fraction of sp³-hybridized carbons (Fsp3) is 0.286. The van der Waals surface area contributed by atoms with Gasteiger partial charge in [0.1, 0.15) is 6.10 Å². The van der Waals surface area contributed by atoms with Crippen molar-refractivity contribution >= 4 is 17.0 Å². The number of rotatable bonds is 4. The first-order chi connectivity index (χ1) is 8.15. The molecule has 0 fully saturated rings. The Morgan fingerprint density at radius 3 is 2.53 bits per heavy atom. The number of thiophene rings is 1. The maximum atomic E-state index is 9.96. The predicted molar refractivity (Wildman–Crippen MR) is 73.7 cm³/mol. The summed E-state index contributed by atoms with van der Waals surface area (Å²) in [6.45, 7) is 4.70. The zero-order chi connectivity index (χ0) is 12.3. The van der Waals surface area contributed by atoms with Crippen molar-refractivity contribution in [1.82, 2.24) is 0 Å². The second-order valence-corrected chi connectivity index (χ2v) is 5.27. The van der Waals surface area contributed by atoms with Crippen molar-refractivity contribution in [1.29, 1.82) is 0 Å². The van der Waals surface area contributed by atoms with Gasteiger partial charge in [0, 0.05) is 17.1 Å². The Kier molecular flexibility index (Phi) is 3.82. The minimum atomic E-state index is -0.434. The van der Waals surface area contributed by atoms with Crippen LogP contribution < -0.4 is 5.32 Å². The second-order valence-electron chi connectivity index (χ2n) is 4.29. The highest BCUT2D eigenvalue weighted by Gasteiger charge is 2.07. The summed E-state index contributed by atoms with van der Waals surface area (Å²) in [4.78, 5) is 1.00. The normalized spacial score (nSPS) is 12.4. The number of nitrogens with one attached hydrogen (secondary N) is 1. The third-order valence-corrected chi connectivity index (χ3v) is 3.57. The van der Waals surface area contributed by atoms with E-state index in [-0.39, 0.29) is 0 Å². The van der Waals surface area contributed by atoms with E-state index in [1.807, 2.05) is 17.5 Å². The van der Waals surface area contributed by atoms with Crippen LogP contribution in [0.3, 0.4) is 0 Å². The van der Waals surface area contributed by atoms with Crippen molar-refractivity contribution < 1.29 is 5.11 Å². The molecule has 1 heterocycles. The minimum absolute atomic E-state index is 0.434. The Balaban J connectivity index is 1.98. The van der Waals surface area contributed by atoms with Crippen molar-refractivity contribution in [3.63, 3.8) is 0 Å². The van der Waals surface area contributed by atoms with E-state index in [0.29, 0.717) is 6.54 Å². The molecule has 0 aliphatic rings. The van der Waals surface area contributed by atoms with Gasteiger partial charge in [0.25, 0.3) is 0 Å². The molecule has 0 aliphatic carbocycles. The smallest absolute Gasteiger partial charge is 0.105 e. The molecule has 2 nitrogen and oxygen atoms in total. The maximum Gasteiger partial charge on any atom is 0.105 e. The molecule has 0 aliphatic heterocycles. The molecule has 0 saturated heterocycles. The quantitative estimate of drug-likeness (QED) is 0.866. The zero-order valence-corrected chi connectivity index (χ0v) is 10.9. The molecule has 0 spiro atoms. The number of hydrogen-bond acceptors (Lipinski definition) is 3. The largest absolute Gasteiger partial charge is 0.386 e. The van der Waals surface area contributed by atoms with E-state index < -0.39 is 6.10 Å². The SMILES string of the molecule is Cc1cc(C)cc(NCC(O)c2cccs2)c1. The molecule has 2 rings (SSSR count). The third-order valence-electron chi connectivity index (χ3n) is 2.59. The summed E-state index contributed by atoms with van der Waals surface area (Å²) in [7, 11) is 0. The molecule has 2 N–H and O–H groups in total. The number of aliphatic hydroxyl groups is 1. The van der Waals surface area contributed by atoms with Gasteiger partial charge in [-0.25, -0.2) is 0 Å². The van der Waals surface area contributed by atoms with Crippen LogP contribution in [0, 0.1) is 13.8 Å². The highest BCUT2D eigenvalue weighted by molar-refractivity contribution is 7.10. The average Bonchev–Trinajstić information content (AvgIpc) is 2.78. The van der Waals surface area contributed by atoms with Gasteiger partial charge >= 0.3 is 0 Å². The molecule has 1 unspecified atom stereocenters. The monoisotopic (exact) mass is 247 g/mol.